The van der Waals surface area contributed by atoms with Crippen LogP contribution in [0.2, 0.25) is 0 Å². The zero-order valence-corrected chi connectivity index (χ0v) is 24.6. The van der Waals surface area contributed by atoms with Crippen molar-refractivity contribution in [2.75, 3.05) is 19.6 Å². The molecule has 1 heterocycles. The van der Waals surface area contributed by atoms with E-state index < -0.39 is 32.0 Å². The number of benzene rings is 5. The molecule has 5 aromatic rings. The number of nitrogens with one attached hydrogen (secondary N) is 1. The highest BCUT2D eigenvalue weighted by molar-refractivity contribution is 7.89. The molecule has 6 rings (SSSR count). The summed E-state index contributed by atoms with van der Waals surface area (Å²) in [5, 5.41) is 8.11. The predicted molar refractivity (Wildman–Crippen MR) is 167 cm³/mol. The van der Waals surface area contributed by atoms with Crippen molar-refractivity contribution < 1.29 is 21.6 Å². The lowest BCUT2D eigenvalue weighted by molar-refractivity contribution is -0.125. The minimum atomic E-state index is -4.13. The molecule has 1 amide bonds. The van der Waals surface area contributed by atoms with Gasteiger partial charge in [0.25, 0.3) is 5.91 Å². The summed E-state index contributed by atoms with van der Waals surface area (Å²) < 4.78 is 56.4. The molecule has 1 N–H and O–H groups in total. The Morgan fingerprint density at radius 2 is 1.21 bits per heavy atom. The highest BCUT2D eigenvalue weighted by atomic mass is 32.2. The quantitative estimate of drug-likeness (QED) is 0.168. The zero-order valence-electron chi connectivity index (χ0n) is 22.9. The summed E-state index contributed by atoms with van der Waals surface area (Å²) >= 11 is 0. The molecule has 1 saturated heterocycles. The molecule has 1 fully saturated rings. The highest BCUT2D eigenvalue weighted by Gasteiger charge is 2.43. The van der Waals surface area contributed by atoms with Gasteiger partial charge in [-0.1, -0.05) is 84.9 Å². The SMILES string of the molecule is O=C(N/N=C\c1c2ccccc2cc2ccccc12)[C@@H]1CN(S(=O)(=O)c2ccccc2)CCN1S(=O)(=O)c1ccccc1. The third-order valence-corrected chi connectivity index (χ3v) is 11.3. The van der Waals surface area contributed by atoms with Crippen LogP contribution in [0.4, 0.5) is 0 Å². The van der Waals surface area contributed by atoms with Crippen LogP contribution in [-0.4, -0.2) is 63.2 Å². The van der Waals surface area contributed by atoms with Crippen molar-refractivity contribution in [2.24, 2.45) is 5.10 Å². The van der Waals surface area contributed by atoms with E-state index in [0.717, 1.165) is 35.7 Å². The van der Waals surface area contributed by atoms with Gasteiger partial charge in [-0.15, -0.1) is 0 Å². The number of nitrogens with zero attached hydrogens (tertiary/aromatic N) is 3. The number of hydrogen-bond donors (Lipinski definition) is 1. The first kappa shape index (κ1) is 28.7. The Kier molecular flexibility index (Phi) is 7.80. The lowest BCUT2D eigenvalue weighted by Gasteiger charge is -2.38. The largest absolute Gasteiger partial charge is 0.271 e. The van der Waals surface area contributed by atoms with Crippen molar-refractivity contribution in [3.05, 3.63) is 121 Å². The summed E-state index contributed by atoms with van der Waals surface area (Å²) in [5.41, 5.74) is 3.29. The molecule has 0 saturated carbocycles. The first-order valence-corrected chi connectivity index (χ1v) is 16.5. The monoisotopic (exact) mass is 612 g/mol. The molecular formula is C32H28N4O5S2. The van der Waals surface area contributed by atoms with Crippen LogP contribution >= 0.6 is 0 Å². The Hall–Kier alpha value is -4.42. The van der Waals surface area contributed by atoms with Crippen LogP contribution in [0.15, 0.2) is 130 Å². The Bertz CT molecular complexity index is 2000. The number of sulfonamides is 2. The van der Waals surface area contributed by atoms with Crippen LogP contribution in [0.1, 0.15) is 5.56 Å². The van der Waals surface area contributed by atoms with Crippen LogP contribution in [0, 0.1) is 0 Å². The maximum absolute atomic E-state index is 13.7. The summed E-state index contributed by atoms with van der Waals surface area (Å²) in [5.74, 6) is -0.742. The Morgan fingerprint density at radius 1 is 0.698 bits per heavy atom. The number of fused-ring (bicyclic) bond motifs is 2. The van der Waals surface area contributed by atoms with E-state index in [1.165, 1.54) is 24.3 Å². The lowest BCUT2D eigenvalue weighted by atomic mass is 9.97. The topological polar surface area (TPSA) is 116 Å². The van der Waals surface area contributed by atoms with E-state index in [2.05, 4.69) is 16.6 Å². The Balaban J connectivity index is 1.34. The number of hydrogen-bond acceptors (Lipinski definition) is 6. The van der Waals surface area contributed by atoms with Crippen LogP contribution in [0.3, 0.4) is 0 Å². The molecule has 218 valence electrons. The number of amides is 1. The molecule has 0 unspecified atom stereocenters. The van der Waals surface area contributed by atoms with E-state index in [4.69, 9.17) is 0 Å². The molecule has 11 heteroatoms. The minimum Gasteiger partial charge on any atom is -0.271 e. The predicted octanol–water partition coefficient (Wildman–Crippen LogP) is 4.21. The molecule has 1 aliphatic heterocycles. The number of carbonyl (C=O) groups is 1. The summed E-state index contributed by atoms with van der Waals surface area (Å²) in [6, 6.07) is 32.0. The van der Waals surface area contributed by atoms with Gasteiger partial charge < -0.3 is 0 Å². The minimum absolute atomic E-state index is 0.0119. The maximum atomic E-state index is 13.7. The van der Waals surface area contributed by atoms with E-state index >= 15 is 0 Å². The van der Waals surface area contributed by atoms with Crippen molar-refractivity contribution in [2.45, 2.75) is 15.8 Å². The average Bonchev–Trinajstić information content (AvgIpc) is 3.05. The second-order valence-electron chi connectivity index (χ2n) is 10.1. The molecule has 5 aromatic carbocycles. The van der Waals surface area contributed by atoms with E-state index in [1.54, 1.807) is 42.6 Å². The zero-order chi connectivity index (χ0) is 30.0. The molecule has 1 atom stereocenters. The standard InChI is InChI=1S/C32H28N4O5S2/c37-32(34-33-22-30-28-17-9-7-11-24(28)21-25-12-8-10-18-29(25)30)31-23-35(42(38,39)26-13-3-1-4-14-26)19-20-36(31)43(40,41)27-15-5-2-6-16-27/h1-18,21-22,31H,19-20,23H2,(H,34,37)/b33-22-/t31-/m0/s1. The van der Waals surface area contributed by atoms with Crippen LogP contribution in [0.25, 0.3) is 21.5 Å². The second-order valence-corrected chi connectivity index (χ2v) is 13.9. The highest BCUT2D eigenvalue weighted by Crippen LogP contribution is 2.28. The summed E-state index contributed by atoms with van der Waals surface area (Å²) in [4.78, 5) is 13.7. The smallest absolute Gasteiger partial charge is 0.259 e. The van der Waals surface area contributed by atoms with Crippen LogP contribution in [0.5, 0.6) is 0 Å². The number of hydrazone groups is 1. The van der Waals surface area contributed by atoms with Gasteiger partial charge in [0.15, 0.2) is 0 Å². The Morgan fingerprint density at radius 3 is 1.79 bits per heavy atom. The van der Waals surface area contributed by atoms with Gasteiger partial charge in [0.2, 0.25) is 20.0 Å². The fourth-order valence-electron chi connectivity index (χ4n) is 5.35. The molecule has 0 aromatic heterocycles. The third-order valence-electron chi connectivity index (χ3n) is 7.51. The molecule has 0 aliphatic carbocycles. The number of rotatable bonds is 7. The normalized spacial score (nSPS) is 17.0. The fraction of sp³-hybridized carbons (Fsp3) is 0.125. The van der Waals surface area contributed by atoms with Gasteiger partial charge in [0, 0.05) is 25.2 Å². The third kappa shape index (κ3) is 5.55. The molecule has 0 spiro atoms. The van der Waals surface area contributed by atoms with E-state index in [9.17, 15) is 21.6 Å². The summed E-state index contributed by atoms with van der Waals surface area (Å²) in [7, 11) is -8.11. The fourth-order valence-corrected chi connectivity index (χ4v) is 8.40. The number of carbonyl (C=O) groups excluding carboxylic acids is 1. The summed E-state index contributed by atoms with van der Waals surface area (Å²) in [6.45, 7) is -0.695. The van der Waals surface area contributed by atoms with E-state index in [1.807, 2.05) is 48.5 Å². The van der Waals surface area contributed by atoms with E-state index in [-0.39, 0.29) is 29.4 Å². The molecule has 9 nitrogen and oxygen atoms in total. The molecular weight excluding hydrogens is 585 g/mol. The number of piperazine rings is 1. The molecule has 43 heavy (non-hydrogen) atoms. The van der Waals surface area contributed by atoms with E-state index in [0.29, 0.717) is 0 Å². The van der Waals surface area contributed by atoms with Gasteiger partial charge >= 0.3 is 0 Å². The molecule has 1 aliphatic rings. The summed E-state index contributed by atoms with van der Waals surface area (Å²) in [6.07, 6.45) is 1.54. The first-order valence-electron chi connectivity index (χ1n) is 13.6. The van der Waals surface area contributed by atoms with Gasteiger partial charge in [-0.05, 0) is 51.9 Å². The molecule has 0 bridgehead atoms. The van der Waals surface area contributed by atoms with Crippen LogP contribution < -0.4 is 5.43 Å². The van der Waals surface area contributed by atoms with Gasteiger partial charge in [-0.3, -0.25) is 4.79 Å². The first-order chi connectivity index (χ1) is 20.8. The van der Waals surface area contributed by atoms with Crippen molar-refractivity contribution in [3.63, 3.8) is 0 Å². The van der Waals surface area contributed by atoms with Gasteiger partial charge in [-0.2, -0.15) is 13.7 Å². The maximum Gasteiger partial charge on any atom is 0.259 e. The van der Waals surface area contributed by atoms with Crippen molar-refractivity contribution in [1.29, 1.82) is 0 Å². The second kappa shape index (κ2) is 11.7. The van der Waals surface area contributed by atoms with Crippen LogP contribution in [-0.2, 0) is 24.8 Å². The lowest BCUT2D eigenvalue weighted by Crippen LogP contribution is -2.60. The van der Waals surface area contributed by atoms with Gasteiger partial charge in [0.05, 0.1) is 16.0 Å². The van der Waals surface area contributed by atoms with Gasteiger partial charge in [0.1, 0.15) is 6.04 Å². The van der Waals surface area contributed by atoms with Crippen molar-refractivity contribution in [3.8, 4) is 0 Å². The van der Waals surface area contributed by atoms with Crippen molar-refractivity contribution >= 4 is 53.7 Å². The van der Waals surface area contributed by atoms with Gasteiger partial charge in [-0.25, -0.2) is 22.3 Å². The molecule has 0 radical (unpaired) electrons. The average molecular weight is 613 g/mol. The van der Waals surface area contributed by atoms with Crippen molar-refractivity contribution in [1.82, 2.24) is 14.0 Å². The Labute approximate surface area is 250 Å².